The summed E-state index contributed by atoms with van der Waals surface area (Å²) in [6.45, 7) is 5.82. The molecule has 26 heavy (non-hydrogen) atoms. The number of aryl methyl sites for hydroxylation is 3. The van der Waals surface area contributed by atoms with Crippen LogP contribution in [-0.2, 0) is 16.4 Å². The lowest BCUT2D eigenvalue weighted by Gasteiger charge is -2.09. The molecule has 136 valence electrons. The third-order valence-electron chi connectivity index (χ3n) is 4.00. The van der Waals surface area contributed by atoms with Gasteiger partial charge < -0.3 is 4.42 Å². The lowest BCUT2D eigenvalue weighted by Crippen LogP contribution is -2.26. The third kappa shape index (κ3) is 4.17. The quantitative estimate of drug-likeness (QED) is 0.719. The summed E-state index contributed by atoms with van der Waals surface area (Å²) in [5.74, 6) is 0.825. The van der Waals surface area contributed by atoms with Gasteiger partial charge in [0.1, 0.15) is 0 Å². The molecule has 2 aromatic carbocycles. The maximum atomic E-state index is 12.5. The fourth-order valence-corrected chi connectivity index (χ4v) is 3.98. The second kappa shape index (κ2) is 7.39. The van der Waals surface area contributed by atoms with Gasteiger partial charge in [-0.3, -0.25) is 0 Å². The van der Waals surface area contributed by atoms with Crippen LogP contribution in [-0.4, -0.2) is 25.2 Å². The van der Waals surface area contributed by atoms with E-state index in [4.69, 9.17) is 4.42 Å². The number of benzene rings is 2. The molecule has 0 fully saturated rings. The summed E-state index contributed by atoms with van der Waals surface area (Å²) < 4.78 is 33.2. The minimum absolute atomic E-state index is 0.186. The number of aromatic nitrogens is 2. The number of sulfonamides is 1. The molecule has 0 saturated heterocycles. The van der Waals surface area contributed by atoms with E-state index in [0.29, 0.717) is 28.7 Å². The van der Waals surface area contributed by atoms with Crippen molar-refractivity contribution in [3.63, 3.8) is 0 Å². The summed E-state index contributed by atoms with van der Waals surface area (Å²) in [4.78, 5) is 0.295. The lowest BCUT2D eigenvalue weighted by molar-refractivity contribution is 0.502. The van der Waals surface area contributed by atoms with Crippen molar-refractivity contribution in [3.8, 4) is 11.5 Å². The van der Waals surface area contributed by atoms with Gasteiger partial charge in [-0.2, -0.15) is 0 Å². The number of rotatable bonds is 6. The van der Waals surface area contributed by atoms with E-state index < -0.39 is 10.0 Å². The average molecular weight is 371 g/mol. The summed E-state index contributed by atoms with van der Waals surface area (Å²) in [6.07, 6.45) is 0.322. The third-order valence-corrected chi connectivity index (χ3v) is 5.60. The van der Waals surface area contributed by atoms with E-state index >= 15 is 0 Å². The van der Waals surface area contributed by atoms with Gasteiger partial charge in [0.05, 0.1) is 4.90 Å². The summed E-state index contributed by atoms with van der Waals surface area (Å²) in [5, 5.41) is 8.03. The minimum atomic E-state index is -3.57. The van der Waals surface area contributed by atoms with Crippen molar-refractivity contribution in [2.45, 2.75) is 32.1 Å². The Morgan fingerprint density at radius 2 is 1.77 bits per heavy atom. The smallest absolute Gasteiger partial charge is 0.247 e. The first-order valence-electron chi connectivity index (χ1n) is 8.31. The van der Waals surface area contributed by atoms with Crippen LogP contribution in [0, 0.1) is 20.8 Å². The Morgan fingerprint density at radius 1 is 1.00 bits per heavy atom. The molecule has 0 aliphatic carbocycles. The Kier molecular flexibility index (Phi) is 5.20. The Labute approximate surface area is 153 Å². The standard InChI is InChI=1S/C19H21N3O3S/c1-13-5-4-6-16(11-13)19-22-21-18(25-19)9-10-20-26(23,24)17-12-14(2)7-8-15(17)3/h4-8,11-12,20H,9-10H2,1-3H3. The predicted octanol–water partition coefficient (Wildman–Crippen LogP) is 3.18. The first kappa shape index (κ1) is 18.3. The number of hydrogen-bond donors (Lipinski definition) is 1. The molecule has 1 N–H and O–H groups in total. The van der Waals surface area contributed by atoms with Gasteiger partial charge >= 0.3 is 0 Å². The van der Waals surface area contributed by atoms with E-state index in [2.05, 4.69) is 14.9 Å². The van der Waals surface area contributed by atoms with Crippen LogP contribution in [0.2, 0.25) is 0 Å². The van der Waals surface area contributed by atoms with Gasteiger partial charge in [-0.05, 0) is 50.1 Å². The molecular formula is C19H21N3O3S. The van der Waals surface area contributed by atoms with E-state index in [-0.39, 0.29) is 6.54 Å². The van der Waals surface area contributed by atoms with Crippen molar-refractivity contribution in [3.05, 3.63) is 65.0 Å². The second-order valence-corrected chi connectivity index (χ2v) is 8.02. The second-order valence-electron chi connectivity index (χ2n) is 6.29. The van der Waals surface area contributed by atoms with Crippen molar-refractivity contribution in [1.29, 1.82) is 0 Å². The van der Waals surface area contributed by atoms with Gasteiger partial charge in [0.2, 0.25) is 21.8 Å². The molecule has 1 heterocycles. The minimum Gasteiger partial charge on any atom is -0.421 e. The first-order valence-corrected chi connectivity index (χ1v) is 9.80. The molecule has 0 aliphatic heterocycles. The molecule has 0 atom stereocenters. The molecule has 3 aromatic rings. The monoisotopic (exact) mass is 371 g/mol. The fourth-order valence-electron chi connectivity index (χ4n) is 2.62. The maximum Gasteiger partial charge on any atom is 0.247 e. The summed E-state index contributed by atoms with van der Waals surface area (Å²) in [6, 6.07) is 13.1. The van der Waals surface area contributed by atoms with E-state index in [1.807, 2.05) is 44.2 Å². The highest BCUT2D eigenvalue weighted by molar-refractivity contribution is 7.89. The Bertz CT molecular complexity index is 1030. The lowest BCUT2D eigenvalue weighted by atomic mass is 10.1. The Morgan fingerprint density at radius 3 is 2.54 bits per heavy atom. The molecule has 0 aliphatic rings. The highest BCUT2D eigenvalue weighted by atomic mass is 32.2. The highest BCUT2D eigenvalue weighted by Gasteiger charge is 2.17. The van der Waals surface area contributed by atoms with Crippen LogP contribution in [0.4, 0.5) is 0 Å². The van der Waals surface area contributed by atoms with E-state index in [9.17, 15) is 8.42 Å². The molecule has 7 heteroatoms. The van der Waals surface area contributed by atoms with Crippen LogP contribution in [0.3, 0.4) is 0 Å². The van der Waals surface area contributed by atoms with Crippen molar-refractivity contribution in [2.24, 2.45) is 0 Å². The molecule has 6 nitrogen and oxygen atoms in total. The van der Waals surface area contributed by atoms with Gasteiger partial charge in [-0.15, -0.1) is 10.2 Å². The van der Waals surface area contributed by atoms with Crippen LogP contribution in [0.25, 0.3) is 11.5 Å². The summed E-state index contributed by atoms with van der Waals surface area (Å²) >= 11 is 0. The predicted molar refractivity (Wildman–Crippen MR) is 99.3 cm³/mol. The van der Waals surface area contributed by atoms with Crippen molar-refractivity contribution in [2.75, 3.05) is 6.54 Å². The van der Waals surface area contributed by atoms with Crippen molar-refractivity contribution < 1.29 is 12.8 Å². The van der Waals surface area contributed by atoms with Crippen LogP contribution >= 0.6 is 0 Å². The largest absolute Gasteiger partial charge is 0.421 e. The Balaban J connectivity index is 1.66. The van der Waals surface area contributed by atoms with E-state index in [1.54, 1.807) is 19.1 Å². The molecule has 3 rings (SSSR count). The van der Waals surface area contributed by atoms with E-state index in [0.717, 1.165) is 16.7 Å². The summed E-state index contributed by atoms with van der Waals surface area (Å²) in [5.41, 5.74) is 3.56. The highest BCUT2D eigenvalue weighted by Crippen LogP contribution is 2.19. The van der Waals surface area contributed by atoms with Gasteiger partial charge in [-0.25, -0.2) is 13.1 Å². The van der Waals surface area contributed by atoms with E-state index in [1.165, 1.54) is 0 Å². The molecule has 0 radical (unpaired) electrons. The average Bonchev–Trinajstić information content (AvgIpc) is 3.06. The van der Waals surface area contributed by atoms with Crippen molar-refractivity contribution >= 4 is 10.0 Å². The number of hydrogen-bond acceptors (Lipinski definition) is 5. The van der Waals surface area contributed by atoms with Crippen LogP contribution in [0.1, 0.15) is 22.6 Å². The number of nitrogens with zero attached hydrogens (tertiary/aromatic N) is 2. The topological polar surface area (TPSA) is 85.1 Å². The number of nitrogens with one attached hydrogen (secondary N) is 1. The SMILES string of the molecule is Cc1cccc(-c2nnc(CCNS(=O)(=O)c3cc(C)ccc3C)o2)c1. The summed E-state index contributed by atoms with van der Waals surface area (Å²) in [7, 11) is -3.57. The zero-order chi connectivity index (χ0) is 18.7. The van der Waals surface area contributed by atoms with Gasteiger partial charge in [0.25, 0.3) is 0 Å². The molecule has 0 bridgehead atoms. The van der Waals surface area contributed by atoms with Crippen LogP contribution < -0.4 is 4.72 Å². The van der Waals surface area contributed by atoms with Gasteiger partial charge in [-0.1, -0.05) is 29.8 Å². The molecule has 0 saturated carbocycles. The fraction of sp³-hybridized carbons (Fsp3) is 0.263. The molecular weight excluding hydrogens is 350 g/mol. The molecule has 0 spiro atoms. The molecule has 0 amide bonds. The van der Waals surface area contributed by atoms with Crippen molar-refractivity contribution in [1.82, 2.24) is 14.9 Å². The normalized spacial score (nSPS) is 11.7. The van der Waals surface area contributed by atoms with Crippen LogP contribution in [0.15, 0.2) is 51.8 Å². The first-order chi connectivity index (χ1) is 12.3. The Hall–Kier alpha value is -2.51. The molecule has 1 aromatic heterocycles. The molecule has 0 unspecified atom stereocenters. The van der Waals surface area contributed by atoms with Gasteiger partial charge in [0, 0.05) is 18.5 Å². The zero-order valence-electron chi connectivity index (χ0n) is 15.0. The van der Waals surface area contributed by atoms with Crippen LogP contribution in [0.5, 0.6) is 0 Å². The maximum absolute atomic E-state index is 12.5. The van der Waals surface area contributed by atoms with Gasteiger partial charge in [0.15, 0.2) is 0 Å². The zero-order valence-corrected chi connectivity index (χ0v) is 15.8.